The maximum Gasteiger partial charge on any atom is 0.265 e. The van der Waals surface area contributed by atoms with E-state index in [1.54, 1.807) is 13.0 Å². The van der Waals surface area contributed by atoms with Gasteiger partial charge in [-0.05, 0) is 49.7 Å². The second kappa shape index (κ2) is 6.09. The van der Waals surface area contributed by atoms with Crippen LogP contribution in [0.2, 0.25) is 0 Å². The van der Waals surface area contributed by atoms with Gasteiger partial charge in [-0.1, -0.05) is 0 Å². The molecule has 1 aromatic carbocycles. The number of hydrogen-bond donors (Lipinski definition) is 2. The van der Waals surface area contributed by atoms with E-state index >= 15 is 0 Å². The van der Waals surface area contributed by atoms with Crippen molar-refractivity contribution in [1.29, 1.82) is 0 Å². The summed E-state index contributed by atoms with van der Waals surface area (Å²) in [5.74, 6) is -0.127. The number of nitrogens with one attached hydrogen (secondary N) is 2. The third-order valence-electron chi connectivity index (χ3n) is 2.84. The summed E-state index contributed by atoms with van der Waals surface area (Å²) in [5.41, 5.74) is 0.843. The van der Waals surface area contributed by atoms with Gasteiger partial charge in [-0.3, -0.25) is 4.72 Å². The standard InChI is InChI=1S/C14H16FN3O2S/c1-3-16-14-13(5-4-8-17-14)21(19,20)18-12-7-6-11(15)9-10(12)2/h4-9,18H,3H2,1-2H3,(H,16,17). The van der Waals surface area contributed by atoms with Gasteiger partial charge in [0.15, 0.2) is 0 Å². The fourth-order valence-corrected chi connectivity index (χ4v) is 3.11. The van der Waals surface area contributed by atoms with E-state index in [-0.39, 0.29) is 10.7 Å². The van der Waals surface area contributed by atoms with Gasteiger partial charge in [0.1, 0.15) is 16.5 Å². The first-order valence-electron chi connectivity index (χ1n) is 6.42. The lowest BCUT2D eigenvalue weighted by molar-refractivity contribution is 0.600. The van der Waals surface area contributed by atoms with Gasteiger partial charge in [0, 0.05) is 12.7 Å². The molecule has 5 nitrogen and oxygen atoms in total. The molecule has 1 aromatic heterocycles. The zero-order valence-corrected chi connectivity index (χ0v) is 12.5. The molecule has 21 heavy (non-hydrogen) atoms. The Kier molecular flexibility index (Phi) is 4.42. The van der Waals surface area contributed by atoms with E-state index in [0.29, 0.717) is 17.8 Å². The van der Waals surface area contributed by atoms with Crippen LogP contribution < -0.4 is 10.0 Å². The quantitative estimate of drug-likeness (QED) is 0.891. The molecule has 0 bridgehead atoms. The van der Waals surface area contributed by atoms with Gasteiger partial charge in [0.25, 0.3) is 10.0 Å². The Balaban J connectivity index is 2.39. The zero-order valence-electron chi connectivity index (χ0n) is 11.7. The van der Waals surface area contributed by atoms with E-state index in [1.165, 1.54) is 30.5 Å². The van der Waals surface area contributed by atoms with Crippen LogP contribution in [-0.4, -0.2) is 19.9 Å². The fourth-order valence-electron chi connectivity index (χ4n) is 1.85. The first-order valence-corrected chi connectivity index (χ1v) is 7.90. The van der Waals surface area contributed by atoms with Gasteiger partial charge in [0.05, 0.1) is 5.69 Å². The summed E-state index contributed by atoms with van der Waals surface area (Å²) < 4.78 is 40.4. The number of anilines is 2. The van der Waals surface area contributed by atoms with Crippen LogP contribution in [-0.2, 0) is 10.0 Å². The van der Waals surface area contributed by atoms with Crippen LogP contribution >= 0.6 is 0 Å². The fraction of sp³-hybridized carbons (Fsp3) is 0.214. The zero-order chi connectivity index (χ0) is 15.5. The molecule has 2 aromatic rings. The Hall–Kier alpha value is -2.15. The molecule has 1 heterocycles. The minimum absolute atomic E-state index is 0.0515. The van der Waals surface area contributed by atoms with Crippen LogP contribution in [0.3, 0.4) is 0 Å². The molecule has 0 aliphatic rings. The average Bonchev–Trinajstić information content (AvgIpc) is 2.43. The maximum atomic E-state index is 13.1. The molecule has 2 rings (SSSR count). The topological polar surface area (TPSA) is 71.1 Å². The Morgan fingerprint density at radius 1 is 1.29 bits per heavy atom. The highest BCUT2D eigenvalue weighted by Crippen LogP contribution is 2.23. The second-order valence-corrected chi connectivity index (χ2v) is 6.10. The Morgan fingerprint density at radius 3 is 2.71 bits per heavy atom. The molecule has 7 heteroatoms. The number of nitrogens with zero attached hydrogens (tertiary/aromatic N) is 1. The van der Waals surface area contributed by atoms with Gasteiger partial charge in [0.2, 0.25) is 0 Å². The SMILES string of the molecule is CCNc1ncccc1S(=O)(=O)Nc1ccc(F)cc1C. The number of sulfonamides is 1. The van der Waals surface area contributed by atoms with Crippen molar-refractivity contribution in [2.45, 2.75) is 18.7 Å². The van der Waals surface area contributed by atoms with Gasteiger partial charge in [-0.15, -0.1) is 0 Å². The lowest BCUT2D eigenvalue weighted by Gasteiger charge is -2.13. The highest BCUT2D eigenvalue weighted by Gasteiger charge is 2.20. The monoisotopic (exact) mass is 309 g/mol. The first kappa shape index (κ1) is 15.2. The number of pyridine rings is 1. The molecule has 0 unspecified atom stereocenters. The van der Waals surface area contributed by atoms with E-state index < -0.39 is 15.8 Å². The smallest absolute Gasteiger partial charge is 0.265 e. The van der Waals surface area contributed by atoms with Crippen LogP contribution in [0.25, 0.3) is 0 Å². The Labute approximate surface area is 123 Å². The van der Waals surface area contributed by atoms with Crippen molar-refractivity contribution in [3.63, 3.8) is 0 Å². The summed E-state index contributed by atoms with van der Waals surface area (Å²) in [5, 5.41) is 2.90. The molecule has 0 saturated carbocycles. The van der Waals surface area contributed by atoms with E-state index in [9.17, 15) is 12.8 Å². The summed E-state index contributed by atoms with van der Waals surface area (Å²) in [7, 11) is -3.80. The molecular weight excluding hydrogens is 293 g/mol. The van der Waals surface area contributed by atoms with Crippen LogP contribution in [0.5, 0.6) is 0 Å². The first-order chi connectivity index (χ1) is 9.94. The molecular formula is C14H16FN3O2S. The third kappa shape index (κ3) is 3.49. The number of rotatable bonds is 5. The summed E-state index contributed by atoms with van der Waals surface area (Å²) in [6.45, 7) is 4.03. The summed E-state index contributed by atoms with van der Waals surface area (Å²) >= 11 is 0. The molecule has 0 radical (unpaired) electrons. The van der Waals surface area contributed by atoms with Crippen molar-refractivity contribution in [2.24, 2.45) is 0 Å². The molecule has 2 N–H and O–H groups in total. The van der Waals surface area contributed by atoms with E-state index in [0.717, 1.165) is 0 Å². The lowest BCUT2D eigenvalue weighted by atomic mass is 10.2. The average molecular weight is 309 g/mol. The summed E-state index contributed by atoms with van der Waals surface area (Å²) in [6.07, 6.45) is 1.51. The molecule has 0 amide bonds. The maximum absolute atomic E-state index is 13.1. The number of halogens is 1. The molecule has 0 spiro atoms. The normalized spacial score (nSPS) is 11.2. The minimum Gasteiger partial charge on any atom is -0.369 e. The van der Waals surface area contributed by atoms with Gasteiger partial charge in [-0.25, -0.2) is 17.8 Å². The molecule has 0 saturated heterocycles. The van der Waals surface area contributed by atoms with Crippen molar-refractivity contribution in [2.75, 3.05) is 16.6 Å². The molecule has 0 atom stereocenters. The van der Waals surface area contributed by atoms with Crippen LogP contribution in [0, 0.1) is 12.7 Å². The summed E-state index contributed by atoms with van der Waals surface area (Å²) in [6, 6.07) is 6.89. The Bertz CT molecular complexity index is 748. The highest BCUT2D eigenvalue weighted by atomic mass is 32.2. The predicted molar refractivity (Wildman–Crippen MR) is 80.3 cm³/mol. The third-order valence-corrected chi connectivity index (χ3v) is 4.23. The number of benzene rings is 1. The molecule has 0 aliphatic heterocycles. The summed E-state index contributed by atoms with van der Waals surface area (Å²) in [4.78, 5) is 4.07. The van der Waals surface area contributed by atoms with E-state index in [2.05, 4.69) is 15.0 Å². The van der Waals surface area contributed by atoms with Crippen molar-refractivity contribution in [3.8, 4) is 0 Å². The van der Waals surface area contributed by atoms with E-state index in [4.69, 9.17) is 0 Å². The lowest BCUT2D eigenvalue weighted by Crippen LogP contribution is -2.16. The molecule has 112 valence electrons. The van der Waals surface area contributed by atoms with Crippen LogP contribution in [0.1, 0.15) is 12.5 Å². The number of hydrogen-bond acceptors (Lipinski definition) is 4. The van der Waals surface area contributed by atoms with Crippen molar-refractivity contribution in [3.05, 3.63) is 47.9 Å². The highest BCUT2D eigenvalue weighted by molar-refractivity contribution is 7.92. The number of aromatic nitrogens is 1. The van der Waals surface area contributed by atoms with Crippen LogP contribution in [0.15, 0.2) is 41.4 Å². The minimum atomic E-state index is -3.80. The number of aryl methyl sites for hydroxylation is 1. The van der Waals surface area contributed by atoms with Crippen molar-refractivity contribution < 1.29 is 12.8 Å². The molecule has 0 fully saturated rings. The van der Waals surface area contributed by atoms with Gasteiger partial charge < -0.3 is 5.32 Å². The van der Waals surface area contributed by atoms with E-state index in [1.807, 2.05) is 6.92 Å². The second-order valence-electron chi connectivity index (χ2n) is 4.45. The van der Waals surface area contributed by atoms with Crippen molar-refractivity contribution >= 4 is 21.5 Å². The van der Waals surface area contributed by atoms with Gasteiger partial charge >= 0.3 is 0 Å². The van der Waals surface area contributed by atoms with Crippen molar-refractivity contribution in [1.82, 2.24) is 4.98 Å². The van der Waals surface area contributed by atoms with Gasteiger partial charge in [-0.2, -0.15) is 0 Å². The largest absolute Gasteiger partial charge is 0.369 e. The molecule has 0 aliphatic carbocycles. The van der Waals surface area contributed by atoms with Crippen LogP contribution in [0.4, 0.5) is 15.9 Å². The Morgan fingerprint density at radius 2 is 2.05 bits per heavy atom. The predicted octanol–water partition coefficient (Wildman–Crippen LogP) is 2.76.